The second-order valence-corrected chi connectivity index (χ2v) is 33.7. The SMILES string of the molecule is c1ccc(-c2cc(-c3ccccc3)cc(N(c3ccc(-c4ccccc4-c4cc5ccccc5c5ccccc45)cc3)c3cccc(-c4cc5ccccc5c5ccccc45)c3)c2)cc1.c1ccc(-c2ccc(-c3ccc(N(c4ccc(-c5ccccc5-c5cc6ccccc6c6ccccc56)cc4)c4cccc(-c5cc6ccccc6c6ccccc56)c4)cc3)cc2)cc1. The van der Waals surface area contributed by atoms with Crippen LogP contribution < -0.4 is 9.80 Å². The Bertz CT molecular complexity index is 8310. The van der Waals surface area contributed by atoms with Crippen molar-refractivity contribution in [3.05, 3.63) is 522 Å². The van der Waals surface area contributed by atoms with Gasteiger partial charge in [-0.3, -0.25) is 0 Å². The molecule has 0 spiro atoms. The molecule has 0 heterocycles. The van der Waals surface area contributed by atoms with Crippen LogP contribution in [0, 0.1) is 0 Å². The minimum absolute atomic E-state index is 1.08. The Hall–Kier alpha value is -17.0. The van der Waals surface area contributed by atoms with Gasteiger partial charge in [-0.2, -0.15) is 0 Å². The Morgan fingerprint density at radius 3 is 0.654 bits per heavy atom. The summed E-state index contributed by atoms with van der Waals surface area (Å²) in [4.78, 5) is 4.82. The summed E-state index contributed by atoms with van der Waals surface area (Å²) in [7, 11) is 0. The van der Waals surface area contributed by atoms with E-state index < -0.39 is 0 Å². The summed E-state index contributed by atoms with van der Waals surface area (Å²) in [5.74, 6) is 0. The summed E-state index contributed by atoms with van der Waals surface area (Å²) in [6.07, 6.45) is 0. The Morgan fingerprint density at radius 1 is 0.0923 bits per heavy atom. The van der Waals surface area contributed by atoms with Crippen molar-refractivity contribution in [3.8, 4) is 111 Å². The third-order valence-corrected chi connectivity index (χ3v) is 26.1. The lowest BCUT2D eigenvalue weighted by Gasteiger charge is -2.28. The summed E-state index contributed by atoms with van der Waals surface area (Å²) in [6, 6.07) is 191. The highest BCUT2D eigenvalue weighted by Crippen LogP contribution is 2.49. The molecular formula is C128H86N2. The first-order valence-electron chi connectivity index (χ1n) is 44.8. The molecule has 0 unspecified atom stereocenters. The van der Waals surface area contributed by atoms with Crippen LogP contribution in [0.1, 0.15) is 0 Å². The van der Waals surface area contributed by atoms with E-state index in [4.69, 9.17) is 0 Å². The first-order valence-corrected chi connectivity index (χ1v) is 44.8. The molecule has 24 aromatic rings. The second kappa shape index (κ2) is 34.1. The molecule has 0 saturated heterocycles. The molecule has 0 amide bonds. The van der Waals surface area contributed by atoms with Gasteiger partial charge in [0, 0.05) is 34.1 Å². The van der Waals surface area contributed by atoms with E-state index in [1.165, 1.54) is 186 Å². The molecule has 24 rings (SSSR count). The van der Waals surface area contributed by atoms with Gasteiger partial charge < -0.3 is 9.80 Å². The number of hydrogen-bond donors (Lipinski definition) is 0. The Balaban J connectivity index is 0.000000148. The van der Waals surface area contributed by atoms with E-state index in [1.807, 2.05) is 0 Å². The molecule has 0 aliphatic carbocycles. The van der Waals surface area contributed by atoms with E-state index in [1.54, 1.807) is 0 Å². The number of benzene rings is 24. The van der Waals surface area contributed by atoms with Crippen molar-refractivity contribution in [1.82, 2.24) is 0 Å². The second-order valence-electron chi connectivity index (χ2n) is 33.7. The van der Waals surface area contributed by atoms with Gasteiger partial charge in [-0.15, -0.1) is 0 Å². The number of nitrogens with zero attached hydrogens (tertiary/aromatic N) is 2. The van der Waals surface area contributed by atoms with Crippen LogP contribution in [0.5, 0.6) is 0 Å². The smallest absolute Gasteiger partial charge is 0.0473 e. The minimum atomic E-state index is 1.08. The fourth-order valence-corrected chi connectivity index (χ4v) is 19.8. The van der Waals surface area contributed by atoms with Crippen molar-refractivity contribution >= 4 is 120 Å². The van der Waals surface area contributed by atoms with Crippen molar-refractivity contribution in [1.29, 1.82) is 0 Å². The molecule has 0 aliphatic heterocycles. The van der Waals surface area contributed by atoms with Crippen LogP contribution in [0.2, 0.25) is 0 Å². The molecule has 0 aromatic heterocycles. The van der Waals surface area contributed by atoms with Crippen molar-refractivity contribution in [2.45, 2.75) is 0 Å². The van der Waals surface area contributed by atoms with Crippen LogP contribution in [-0.2, 0) is 0 Å². The molecule has 2 nitrogen and oxygen atoms in total. The average molecular weight is 1650 g/mol. The Labute approximate surface area is 757 Å². The van der Waals surface area contributed by atoms with Crippen LogP contribution in [0.4, 0.5) is 34.1 Å². The topological polar surface area (TPSA) is 6.48 Å². The first-order chi connectivity index (χ1) is 64.5. The molecule has 130 heavy (non-hydrogen) atoms. The lowest BCUT2D eigenvalue weighted by Crippen LogP contribution is -2.10. The molecule has 0 N–H and O–H groups in total. The van der Waals surface area contributed by atoms with Gasteiger partial charge in [-0.1, -0.05) is 419 Å². The fourth-order valence-electron chi connectivity index (χ4n) is 19.8. The molecule has 608 valence electrons. The zero-order valence-electron chi connectivity index (χ0n) is 71.5. The predicted molar refractivity (Wildman–Crippen MR) is 557 cm³/mol. The maximum atomic E-state index is 2.43. The largest absolute Gasteiger partial charge is 0.310 e. The maximum absolute atomic E-state index is 2.43. The van der Waals surface area contributed by atoms with Crippen LogP contribution in [0.15, 0.2) is 522 Å². The van der Waals surface area contributed by atoms with Gasteiger partial charge in [0.2, 0.25) is 0 Å². The van der Waals surface area contributed by atoms with Gasteiger partial charge in [0.25, 0.3) is 0 Å². The number of rotatable bonds is 16. The van der Waals surface area contributed by atoms with Gasteiger partial charge in [-0.25, -0.2) is 0 Å². The summed E-state index contributed by atoms with van der Waals surface area (Å²) in [5, 5.41) is 20.1. The summed E-state index contributed by atoms with van der Waals surface area (Å²) >= 11 is 0. The highest BCUT2D eigenvalue weighted by Gasteiger charge is 2.23. The normalized spacial score (nSPS) is 11.4. The summed E-state index contributed by atoms with van der Waals surface area (Å²) < 4.78 is 0. The summed E-state index contributed by atoms with van der Waals surface area (Å²) in [6.45, 7) is 0. The number of fused-ring (bicyclic) bond motifs is 12. The van der Waals surface area contributed by atoms with E-state index in [-0.39, 0.29) is 0 Å². The van der Waals surface area contributed by atoms with Crippen LogP contribution in [0.25, 0.3) is 197 Å². The van der Waals surface area contributed by atoms with Crippen molar-refractivity contribution in [3.63, 3.8) is 0 Å². The lowest BCUT2D eigenvalue weighted by atomic mass is 9.89. The van der Waals surface area contributed by atoms with Gasteiger partial charge in [0.15, 0.2) is 0 Å². The third-order valence-electron chi connectivity index (χ3n) is 26.1. The quantitative estimate of drug-likeness (QED) is 0.0890. The molecule has 0 fully saturated rings. The lowest BCUT2D eigenvalue weighted by molar-refractivity contribution is 1.28. The monoisotopic (exact) mass is 1650 g/mol. The zero-order chi connectivity index (χ0) is 86.2. The highest BCUT2D eigenvalue weighted by atomic mass is 15.1. The van der Waals surface area contributed by atoms with Gasteiger partial charge >= 0.3 is 0 Å². The molecule has 24 aromatic carbocycles. The number of anilines is 6. The Morgan fingerprint density at radius 2 is 0.315 bits per heavy atom. The first kappa shape index (κ1) is 77.7. The van der Waals surface area contributed by atoms with Gasteiger partial charge in [0.05, 0.1) is 0 Å². The van der Waals surface area contributed by atoms with Gasteiger partial charge in [-0.05, 0) is 301 Å². The van der Waals surface area contributed by atoms with Crippen LogP contribution in [0.3, 0.4) is 0 Å². The maximum Gasteiger partial charge on any atom is 0.0473 e. The molecular weight excluding hydrogens is 1570 g/mol. The molecule has 0 atom stereocenters. The van der Waals surface area contributed by atoms with Crippen LogP contribution >= 0.6 is 0 Å². The van der Waals surface area contributed by atoms with Crippen molar-refractivity contribution in [2.24, 2.45) is 0 Å². The average Bonchev–Trinajstić information content (AvgIpc) is 0.768. The molecule has 2 heteroatoms. The van der Waals surface area contributed by atoms with E-state index in [0.717, 1.165) is 45.3 Å². The predicted octanol–water partition coefficient (Wildman–Crippen LogP) is 36.2. The third kappa shape index (κ3) is 14.8. The fraction of sp³-hybridized carbons (Fsp3) is 0. The Kier molecular flexibility index (Phi) is 20.4. The van der Waals surface area contributed by atoms with E-state index >= 15 is 0 Å². The molecule has 0 radical (unpaired) electrons. The zero-order valence-corrected chi connectivity index (χ0v) is 71.5. The minimum Gasteiger partial charge on any atom is -0.310 e. The number of hydrogen-bond acceptors (Lipinski definition) is 2. The van der Waals surface area contributed by atoms with E-state index in [0.29, 0.717) is 0 Å². The van der Waals surface area contributed by atoms with Crippen LogP contribution in [-0.4, -0.2) is 0 Å². The molecule has 0 aliphatic rings. The van der Waals surface area contributed by atoms with E-state index in [9.17, 15) is 0 Å². The van der Waals surface area contributed by atoms with Gasteiger partial charge in [0.1, 0.15) is 0 Å². The van der Waals surface area contributed by atoms with Crippen molar-refractivity contribution < 1.29 is 0 Å². The van der Waals surface area contributed by atoms with E-state index in [2.05, 4.69) is 532 Å². The summed E-state index contributed by atoms with van der Waals surface area (Å²) in [5.41, 5.74) is 30.5. The molecule has 0 bridgehead atoms. The van der Waals surface area contributed by atoms with Crippen molar-refractivity contribution in [2.75, 3.05) is 9.80 Å². The highest BCUT2D eigenvalue weighted by molar-refractivity contribution is 6.19. The standard InChI is InChI=1S/2C64H43N/c1-3-18-44(19-4-1)50-38-51(45-20-5-2-6-21-45)41-54(40-50)65(53-25-17-24-47(39-53)63-42-48-22-7-9-27-56(48)58-29-13-15-32-61(58)63)52-36-34-46(35-37-52)55-26-11-12-31-60(55)64-43-49-23-8-10-28-57(49)59-30-14-16-33-62(59)64;1-2-15-44(16-3-1)45-29-31-46(32-30-45)47-33-37-52(38-34-47)65(54-20-14-19-49(41-54)63-42-50-17-4-6-22-56(50)58-24-10-12-27-61(58)63)53-39-35-48(36-40-53)55-21-8-9-26-60(55)64-43-51-18-5-7-23-57(51)59-25-11-13-28-62(59)64/h2*1-43H. The molecule has 0 saturated carbocycles.